The summed E-state index contributed by atoms with van der Waals surface area (Å²) in [5.74, 6) is 0. The fourth-order valence-electron chi connectivity index (χ4n) is 7.75. The van der Waals surface area contributed by atoms with Crippen LogP contribution in [0.15, 0.2) is 194 Å². The van der Waals surface area contributed by atoms with E-state index in [1.165, 1.54) is 71.6 Å². The first-order valence-electron chi connectivity index (χ1n) is 17.6. The Morgan fingerprint density at radius 2 is 0.731 bits per heavy atom. The van der Waals surface area contributed by atoms with Gasteiger partial charge in [0.2, 0.25) is 0 Å². The van der Waals surface area contributed by atoms with Gasteiger partial charge >= 0.3 is 0 Å². The van der Waals surface area contributed by atoms with E-state index in [9.17, 15) is 0 Å². The zero-order valence-electron chi connectivity index (χ0n) is 28.2. The largest absolute Gasteiger partial charge is 0.311 e. The second-order valence-electron chi connectivity index (χ2n) is 13.2. The van der Waals surface area contributed by atoms with Gasteiger partial charge in [0, 0.05) is 44.3 Å². The molecule has 4 heteroatoms. The Hall–Kier alpha value is -6.11. The molecule has 0 bridgehead atoms. The van der Waals surface area contributed by atoms with Gasteiger partial charge in [-0.3, -0.25) is 2.78 Å². The van der Waals surface area contributed by atoms with E-state index < -0.39 is 0 Å². The first-order chi connectivity index (χ1) is 25.7. The predicted molar refractivity (Wildman–Crippen MR) is 229 cm³/mol. The van der Waals surface area contributed by atoms with Crippen LogP contribution in [0.2, 0.25) is 0 Å². The van der Waals surface area contributed by atoms with Crippen molar-refractivity contribution in [3.05, 3.63) is 194 Å². The topological polar surface area (TPSA) is 13.1 Å². The molecule has 0 fully saturated rings. The Morgan fingerprint density at radius 1 is 0.327 bits per heavy atom. The van der Waals surface area contributed by atoms with Gasteiger partial charge in [-0.25, -0.2) is 0 Å². The Morgan fingerprint density at radius 3 is 1.31 bits per heavy atom. The van der Waals surface area contributed by atoms with Crippen molar-refractivity contribution in [1.82, 2.24) is 7.35 Å². The van der Waals surface area contributed by atoms with Gasteiger partial charge in [0.25, 0.3) is 0 Å². The second-order valence-corrected chi connectivity index (χ2v) is 14.2. The summed E-state index contributed by atoms with van der Waals surface area (Å²) in [6.07, 6.45) is 0. The summed E-state index contributed by atoms with van der Waals surface area (Å²) in [5.41, 5.74) is 14.3. The highest BCUT2D eigenvalue weighted by Gasteiger charge is 2.16. The molecule has 3 nitrogen and oxygen atoms in total. The molecule has 8 aromatic carbocycles. The zero-order chi connectivity index (χ0) is 34.6. The second kappa shape index (κ2) is 12.6. The first kappa shape index (κ1) is 30.7. The number of aromatic nitrogens is 2. The van der Waals surface area contributed by atoms with Crippen LogP contribution in [0.25, 0.3) is 71.6 Å². The van der Waals surface area contributed by atoms with Gasteiger partial charge in [-0.2, -0.15) is 0 Å². The number of hydrogen-bond donors (Lipinski definition) is 0. The van der Waals surface area contributed by atoms with Crippen molar-refractivity contribution in [3.63, 3.8) is 0 Å². The SMILES string of the molecule is In1c2ccc(-c3ccc(N(c4ccccc4)c4ccccc4)cc3)cc2c2cc(-c3ccc4c(c3)c3ccccc3n4-c3ccccc3)ccc21. The Bertz CT molecular complexity index is 2850. The molecular formula is C48H32IN3. The number of anilines is 3. The number of benzene rings is 8. The Labute approximate surface area is 316 Å². The predicted octanol–water partition coefficient (Wildman–Crippen LogP) is 13.9. The van der Waals surface area contributed by atoms with Gasteiger partial charge in [0.15, 0.2) is 0 Å². The molecule has 0 saturated carbocycles. The highest BCUT2D eigenvalue weighted by molar-refractivity contribution is 14.1. The summed E-state index contributed by atoms with van der Waals surface area (Å²) in [6, 6.07) is 70.1. The maximum absolute atomic E-state index is 2.44. The fourth-order valence-corrected chi connectivity index (χ4v) is 8.59. The first-order valence-corrected chi connectivity index (χ1v) is 18.5. The van der Waals surface area contributed by atoms with Gasteiger partial charge in [0.05, 0.1) is 44.9 Å². The molecule has 0 atom stereocenters. The van der Waals surface area contributed by atoms with E-state index >= 15 is 0 Å². The summed E-state index contributed by atoms with van der Waals surface area (Å²) >= 11 is 2.44. The molecule has 0 amide bonds. The summed E-state index contributed by atoms with van der Waals surface area (Å²) in [6.45, 7) is 0. The highest BCUT2D eigenvalue weighted by Crippen LogP contribution is 2.40. The average Bonchev–Trinajstić information content (AvgIpc) is 3.70. The van der Waals surface area contributed by atoms with Crippen LogP contribution in [-0.4, -0.2) is 7.35 Å². The average molecular weight is 778 g/mol. The smallest absolute Gasteiger partial charge is 0.0646 e. The standard InChI is InChI=1S/C48H32IN3/c49-52-47-28-23-34(33-20-25-40(26-21-33)50(37-12-4-1-5-13-37)38-14-6-2-7-15-38)30-43(47)44-32-36(24-29-48(44)52)35-22-27-46-42(31-35)41-18-10-11-19-45(41)51(46)39-16-8-3-9-17-39/h1-32H. The molecular weight excluding hydrogens is 745 g/mol. The minimum absolute atomic E-state index is 1.12. The van der Waals surface area contributed by atoms with Gasteiger partial charge < -0.3 is 9.47 Å². The molecule has 10 aromatic rings. The van der Waals surface area contributed by atoms with Crippen LogP contribution in [0.4, 0.5) is 17.1 Å². The summed E-state index contributed by atoms with van der Waals surface area (Å²) < 4.78 is 4.66. The van der Waals surface area contributed by atoms with Gasteiger partial charge in [-0.15, -0.1) is 0 Å². The van der Waals surface area contributed by atoms with Crippen LogP contribution in [0.1, 0.15) is 0 Å². The monoisotopic (exact) mass is 777 g/mol. The van der Waals surface area contributed by atoms with E-state index in [1.807, 2.05) is 0 Å². The number of para-hydroxylation sites is 4. The number of rotatable bonds is 6. The maximum Gasteiger partial charge on any atom is 0.0646 e. The summed E-state index contributed by atoms with van der Waals surface area (Å²) in [4.78, 5) is 2.30. The van der Waals surface area contributed by atoms with E-state index in [1.54, 1.807) is 0 Å². The minimum atomic E-state index is 1.12. The summed E-state index contributed by atoms with van der Waals surface area (Å²) in [5, 5.41) is 5.04. The van der Waals surface area contributed by atoms with Crippen molar-refractivity contribution in [2.75, 3.05) is 4.90 Å². The van der Waals surface area contributed by atoms with E-state index in [2.05, 4.69) is 229 Å². The third-order valence-corrected chi connectivity index (χ3v) is 11.3. The van der Waals surface area contributed by atoms with Gasteiger partial charge in [-0.05, 0) is 113 Å². The lowest BCUT2D eigenvalue weighted by Gasteiger charge is -2.25. The van der Waals surface area contributed by atoms with Gasteiger partial charge in [-0.1, -0.05) is 103 Å². The molecule has 0 aliphatic carbocycles. The van der Waals surface area contributed by atoms with E-state index in [0.29, 0.717) is 0 Å². The van der Waals surface area contributed by atoms with Crippen LogP contribution >= 0.6 is 22.9 Å². The number of halogens is 1. The molecule has 2 aromatic heterocycles. The quantitative estimate of drug-likeness (QED) is 0.153. The van der Waals surface area contributed by atoms with Crippen molar-refractivity contribution in [2.45, 2.75) is 0 Å². The lowest BCUT2D eigenvalue weighted by atomic mass is 9.99. The zero-order valence-corrected chi connectivity index (χ0v) is 30.4. The molecule has 52 heavy (non-hydrogen) atoms. The molecule has 0 radical (unpaired) electrons. The fraction of sp³-hybridized carbons (Fsp3) is 0. The lowest BCUT2D eigenvalue weighted by Crippen LogP contribution is -2.09. The molecule has 0 N–H and O–H groups in total. The maximum atomic E-state index is 2.44. The lowest BCUT2D eigenvalue weighted by molar-refractivity contribution is 1.18. The van der Waals surface area contributed by atoms with Crippen LogP contribution in [0, 0.1) is 0 Å². The van der Waals surface area contributed by atoms with Crippen molar-refractivity contribution >= 4 is 83.5 Å². The van der Waals surface area contributed by atoms with Crippen molar-refractivity contribution < 1.29 is 0 Å². The van der Waals surface area contributed by atoms with Crippen molar-refractivity contribution in [1.29, 1.82) is 0 Å². The normalized spacial score (nSPS) is 11.6. The minimum Gasteiger partial charge on any atom is -0.311 e. The molecule has 10 rings (SSSR count). The Balaban J connectivity index is 1.05. The number of nitrogens with zero attached hydrogens (tertiary/aromatic N) is 3. The molecule has 0 unspecified atom stereocenters. The van der Waals surface area contributed by atoms with Crippen LogP contribution < -0.4 is 4.90 Å². The van der Waals surface area contributed by atoms with Crippen molar-refractivity contribution in [3.8, 4) is 27.9 Å². The number of fused-ring (bicyclic) bond motifs is 6. The molecule has 0 saturated heterocycles. The molecule has 0 spiro atoms. The van der Waals surface area contributed by atoms with E-state index in [4.69, 9.17) is 0 Å². The highest BCUT2D eigenvalue weighted by atomic mass is 127. The molecule has 246 valence electrons. The summed E-state index contributed by atoms with van der Waals surface area (Å²) in [7, 11) is 0. The van der Waals surface area contributed by atoms with E-state index in [0.717, 1.165) is 17.1 Å². The van der Waals surface area contributed by atoms with Crippen LogP contribution in [0.3, 0.4) is 0 Å². The number of hydrogen-bond acceptors (Lipinski definition) is 1. The van der Waals surface area contributed by atoms with Crippen LogP contribution in [0.5, 0.6) is 0 Å². The Kier molecular flexibility index (Phi) is 7.43. The third-order valence-electron chi connectivity index (χ3n) is 10.2. The molecule has 0 aliphatic heterocycles. The van der Waals surface area contributed by atoms with Gasteiger partial charge in [0.1, 0.15) is 0 Å². The molecule has 2 heterocycles. The van der Waals surface area contributed by atoms with E-state index in [-0.39, 0.29) is 0 Å². The third kappa shape index (κ3) is 5.09. The van der Waals surface area contributed by atoms with Crippen LogP contribution in [-0.2, 0) is 0 Å². The van der Waals surface area contributed by atoms with Crippen molar-refractivity contribution in [2.24, 2.45) is 0 Å². The molecule has 0 aliphatic rings.